The lowest BCUT2D eigenvalue weighted by Crippen LogP contribution is -1.90. The molecule has 0 aromatic carbocycles. The second kappa shape index (κ2) is 5.55. The summed E-state index contributed by atoms with van der Waals surface area (Å²) in [4.78, 5) is 16.8. The van der Waals surface area contributed by atoms with Gasteiger partial charge in [0.25, 0.3) is 0 Å². The van der Waals surface area contributed by atoms with Gasteiger partial charge in [-0.25, -0.2) is 9.97 Å². The van der Waals surface area contributed by atoms with Gasteiger partial charge in [0, 0.05) is 11.0 Å². The molecule has 0 saturated carbocycles. The van der Waals surface area contributed by atoms with Gasteiger partial charge in [0.2, 0.25) is 0 Å². The molecule has 3 aromatic rings. The zero-order valence-electron chi connectivity index (χ0n) is 14.8. The van der Waals surface area contributed by atoms with E-state index in [1.165, 1.54) is 11.1 Å². The third-order valence-electron chi connectivity index (χ3n) is 5.53. The molecule has 3 aliphatic rings. The van der Waals surface area contributed by atoms with Crippen LogP contribution in [0.1, 0.15) is 40.3 Å². The van der Waals surface area contributed by atoms with Gasteiger partial charge >= 0.3 is 0 Å². The van der Waals surface area contributed by atoms with Gasteiger partial charge in [-0.2, -0.15) is 0 Å². The molecule has 130 valence electrons. The zero-order chi connectivity index (χ0) is 17.8. The fourth-order valence-electron chi connectivity index (χ4n) is 4.17. The van der Waals surface area contributed by atoms with Crippen molar-refractivity contribution >= 4 is 46.4 Å². The van der Waals surface area contributed by atoms with Crippen LogP contribution in [0.4, 0.5) is 0 Å². The molecule has 4 heteroatoms. The Morgan fingerprint density at radius 3 is 1.52 bits per heavy atom. The molecule has 8 bridgehead atoms. The lowest BCUT2D eigenvalue weighted by Gasteiger charge is -1.99. The first kappa shape index (κ1) is 14.7. The molecule has 2 N–H and O–H groups in total. The van der Waals surface area contributed by atoms with Crippen molar-refractivity contribution in [2.75, 3.05) is 0 Å². The first-order valence-corrected chi connectivity index (χ1v) is 9.40. The van der Waals surface area contributed by atoms with Crippen molar-refractivity contribution in [3.05, 3.63) is 70.3 Å². The number of rotatable bonds is 0. The Morgan fingerprint density at radius 2 is 1.00 bits per heavy atom. The van der Waals surface area contributed by atoms with Crippen LogP contribution < -0.4 is 0 Å². The summed E-state index contributed by atoms with van der Waals surface area (Å²) in [6, 6.07) is 12.5. The van der Waals surface area contributed by atoms with Gasteiger partial charge in [0.15, 0.2) is 0 Å². The number of hydrogen-bond donors (Lipinski definition) is 2. The van der Waals surface area contributed by atoms with Crippen molar-refractivity contribution in [2.45, 2.75) is 19.3 Å². The van der Waals surface area contributed by atoms with E-state index in [2.05, 4.69) is 70.7 Å². The Kier molecular flexibility index (Phi) is 3.03. The molecule has 0 unspecified atom stereocenters. The summed E-state index contributed by atoms with van der Waals surface area (Å²) in [7, 11) is 0. The molecular formula is C23H18N4. The topological polar surface area (TPSA) is 57.4 Å². The van der Waals surface area contributed by atoms with Crippen LogP contribution in [0.15, 0.2) is 36.4 Å². The largest absolute Gasteiger partial charge is 0.354 e. The normalized spacial score (nSPS) is 14.7. The predicted molar refractivity (Wildman–Crippen MR) is 111 cm³/mol. The molecule has 0 saturated heterocycles. The van der Waals surface area contributed by atoms with Gasteiger partial charge in [-0.3, -0.25) is 0 Å². The van der Waals surface area contributed by atoms with Crippen LogP contribution in [0, 0.1) is 0 Å². The van der Waals surface area contributed by atoms with Crippen molar-refractivity contribution in [3.8, 4) is 0 Å². The third-order valence-corrected chi connectivity index (χ3v) is 5.53. The van der Waals surface area contributed by atoms with Gasteiger partial charge in [0.1, 0.15) is 0 Å². The summed E-state index contributed by atoms with van der Waals surface area (Å²) in [5.41, 5.74) is 11.1. The highest BCUT2D eigenvalue weighted by molar-refractivity contribution is 5.84. The number of hydrogen-bond acceptors (Lipinski definition) is 2. The molecule has 6 rings (SSSR count). The van der Waals surface area contributed by atoms with Crippen molar-refractivity contribution < 1.29 is 0 Å². The SMILES string of the molecule is C1=Cc2nc1c1c(c3nc(c4ccc(ccc5ccc2[nH]5)[nH]4)C=C3)CCC1. The third kappa shape index (κ3) is 2.37. The van der Waals surface area contributed by atoms with E-state index in [4.69, 9.17) is 9.97 Å². The van der Waals surface area contributed by atoms with E-state index >= 15 is 0 Å². The molecule has 0 fully saturated rings. The van der Waals surface area contributed by atoms with E-state index in [-0.39, 0.29) is 0 Å². The lowest BCUT2D eigenvalue weighted by atomic mass is 10.1. The van der Waals surface area contributed by atoms with Gasteiger partial charge in [-0.05, 0) is 91.1 Å². The van der Waals surface area contributed by atoms with Crippen LogP contribution in [-0.2, 0) is 12.8 Å². The zero-order valence-corrected chi connectivity index (χ0v) is 14.8. The Labute approximate surface area is 156 Å². The van der Waals surface area contributed by atoms with Crippen LogP contribution >= 0.6 is 0 Å². The van der Waals surface area contributed by atoms with Crippen LogP contribution in [-0.4, -0.2) is 19.9 Å². The summed E-state index contributed by atoms with van der Waals surface area (Å²) in [5.74, 6) is 0. The monoisotopic (exact) mass is 350 g/mol. The van der Waals surface area contributed by atoms with E-state index in [9.17, 15) is 0 Å². The summed E-state index contributed by atoms with van der Waals surface area (Å²) in [6.07, 6.45) is 11.8. The number of fused-ring (bicyclic) bond motifs is 13. The Balaban J connectivity index is 1.75. The van der Waals surface area contributed by atoms with E-state index in [0.717, 1.165) is 64.1 Å². The van der Waals surface area contributed by atoms with E-state index < -0.39 is 0 Å². The minimum absolute atomic E-state index is 0.994. The first-order chi connectivity index (χ1) is 13.3. The minimum atomic E-state index is 0.994. The summed E-state index contributed by atoms with van der Waals surface area (Å²) >= 11 is 0. The molecular weight excluding hydrogens is 332 g/mol. The van der Waals surface area contributed by atoms with Crippen molar-refractivity contribution in [1.29, 1.82) is 0 Å². The Bertz CT molecular complexity index is 1200. The Hall–Kier alpha value is -3.40. The first-order valence-electron chi connectivity index (χ1n) is 9.40. The van der Waals surface area contributed by atoms with Gasteiger partial charge < -0.3 is 9.97 Å². The molecule has 1 aliphatic carbocycles. The average molecular weight is 350 g/mol. The quantitative estimate of drug-likeness (QED) is 0.406. The Morgan fingerprint density at radius 1 is 0.556 bits per heavy atom. The number of aromatic amines is 2. The lowest BCUT2D eigenvalue weighted by molar-refractivity contribution is 0.906. The molecule has 2 aliphatic heterocycles. The second-order valence-electron chi connectivity index (χ2n) is 7.23. The molecule has 5 heterocycles. The number of nitrogens with zero attached hydrogens (tertiary/aromatic N) is 2. The molecule has 0 spiro atoms. The molecule has 3 aromatic heterocycles. The fraction of sp³-hybridized carbons (Fsp3) is 0.130. The highest BCUT2D eigenvalue weighted by atomic mass is 14.8. The minimum Gasteiger partial charge on any atom is -0.354 e. The van der Waals surface area contributed by atoms with Crippen LogP contribution in [0.25, 0.3) is 46.4 Å². The van der Waals surface area contributed by atoms with Gasteiger partial charge in [0.05, 0.1) is 33.8 Å². The van der Waals surface area contributed by atoms with E-state index in [1.807, 2.05) is 0 Å². The van der Waals surface area contributed by atoms with Crippen molar-refractivity contribution in [1.82, 2.24) is 19.9 Å². The molecule has 0 radical (unpaired) electrons. The van der Waals surface area contributed by atoms with E-state index in [0.29, 0.717) is 0 Å². The highest BCUT2D eigenvalue weighted by Gasteiger charge is 2.19. The second-order valence-corrected chi connectivity index (χ2v) is 7.23. The van der Waals surface area contributed by atoms with Gasteiger partial charge in [-0.15, -0.1) is 0 Å². The smallest absolute Gasteiger partial charge is 0.0872 e. The maximum Gasteiger partial charge on any atom is 0.0872 e. The van der Waals surface area contributed by atoms with Crippen LogP contribution in [0.3, 0.4) is 0 Å². The predicted octanol–water partition coefficient (Wildman–Crippen LogP) is 5.14. The molecule has 4 nitrogen and oxygen atoms in total. The van der Waals surface area contributed by atoms with Gasteiger partial charge in [-0.1, -0.05) is 0 Å². The van der Waals surface area contributed by atoms with Crippen molar-refractivity contribution in [3.63, 3.8) is 0 Å². The number of nitrogens with one attached hydrogen (secondary N) is 2. The molecule has 27 heavy (non-hydrogen) atoms. The average Bonchev–Trinajstić information content (AvgIpc) is 3.50. The summed E-state index contributed by atoms with van der Waals surface area (Å²) < 4.78 is 0. The highest BCUT2D eigenvalue weighted by Crippen LogP contribution is 2.30. The number of H-pyrrole nitrogens is 2. The standard InChI is InChI=1S/C23H18N4/c1-2-16-17(3-1)19-11-13-23(27-19)21-9-7-15(25-21)5-4-14-6-8-20(24-14)22-12-10-18(16)26-22/h4-13,24-25H,1-3H2. The number of aromatic nitrogens is 4. The molecule has 0 amide bonds. The van der Waals surface area contributed by atoms with Crippen molar-refractivity contribution in [2.24, 2.45) is 0 Å². The maximum absolute atomic E-state index is 4.92. The van der Waals surface area contributed by atoms with Crippen LogP contribution in [0.2, 0.25) is 0 Å². The van der Waals surface area contributed by atoms with E-state index in [1.54, 1.807) is 0 Å². The fourth-order valence-corrected chi connectivity index (χ4v) is 4.17. The summed E-state index contributed by atoms with van der Waals surface area (Å²) in [5, 5.41) is 0. The molecule has 0 atom stereocenters. The summed E-state index contributed by atoms with van der Waals surface area (Å²) in [6.45, 7) is 0. The van der Waals surface area contributed by atoms with Crippen LogP contribution in [0.5, 0.6) is 0 Å². The maximum atomic E-state index is 4.92.